The maximum Gasteiger partial charge on any atom is 0.160 e. The molecular formula is C12H22O3. The number of hydrogen-bond acceptors (Lipinski definition) is 3. The topological polar surface area (TPSA) is 38.7 Å². The van der Waals surface area contributed by atoms with Crippen molar-refractivity contribution in [2.24, 2.45) is 0 Å². The van der Waals surface area contributed by atoms with Gasteiger partial charge in [-0.05, 0) is 33.1 Å². The molecule has 0 aromatic heterocycles. The van der Waals surface area contributed by atoms with Crippen LogP contribution in [0.2, 0.25) is 0 Å². The van der Waals surface area contributed by atoms with Gasteiger partial charge in [0.05, 0.1) is 6.10 Å². The Morgan fingerprint density at radius 1 is 1.27 bits per heavy atom. The first kappa shape index (κ1) is 12.7. The smallest absolute Gasteiger partial charge is 0.160 e. The second kappa shape index (κ2) is 6.99. The molecule has 1 atom stereocenters. The first-order chi connectivity index (χ1) is 7.26. The van der Waals surface area contributed by atoms with Crippen LogP contribution in [0.25, 0.3) is 0 Å². The van der Waals surface area contributed by atoms with Gasteiger partial charge < -0.3 is 14.6 Å². The van der Waals surface area contributed by atoms with Gasteiger partial charge in [0, 0.05) is 19.6 Å². The molecule has 0 radical (unpaired) electrons. The zero-order valence-electron chi connectivity index (χ0n) is 9.74. The highest BCUT2D eigenvalue weighted by Crippen LogP contribution is 2.28. The van der Waals surface area contributed by atoms with E-state index >= 15 is 0 Å². The van der Waals surface area contributed by atoms with E-state index in [1.54, 1.807) is 0 Å². The lowest BCUT2D eigenvalue weighted by molar-refractivity contribution is -0.152. The summed E-state index contributed by atoms with van der Waals surface area (Å²) in [6.45, 7) is 5.12. The summed E-state index contributed by atoms with van der Waals surface area (Å²) in [7, 11) is 0. The van der Waals surface area contributed by atoms with Gasteiger partial charge in [0.2, 0.25) is 0 Å². The van der Waals surface area contributed by atoms with Gasteiger partial charge in [-0.2, -0.15) is 0 Å². The average Bonchev–Trinajstić information content (AvgIpc) is 2.99. The maximum absolute atomic E-state index is 9.74. The highest BCUT2D eigenvalue weighted by molar-refractivity contribution is 5.16. The Labute approximate surface area is 92.1 Å². The van der Waals surface area contributed by atoms with Crippen LogP contribution in [0.15, 0.2) is 11.6 Å². The fourth-order valence-electron chi connectivity index (χ4n) is 1.45. The third kappa shape index (κ3) is 5.92. The molecule has 3 nitrogen and oxygen atoms in total. The minimum atomic E-state index is -0.346. The van der Waals surface area contributed by atoms with E-state index in [4.69, 9.17) is 9.47 Å². The Balaban J connectivity index is 2.18. The lowest BCUT2D eigenvalue weighted by Crippen LogP contribution is -2.23. The van der Waals surface area contributed by atoms with E-state index in [0.29, 0.717) is 19.6 Å². The van der Waals surface area contributed by atoms with Crippen molar-refractivity contribution in [2.75, 3.05) is 13.2 Å². The quantitative estimate of drug-likeness (QED) is 0.497. The molecule has 0 bridgehead atoms. The minimum Gasteiger partial charge on any atom is -0.393 e. The van der Waals surface area contributed by atoms with Crippen molar-refractivity contribution in [3.8, 4) is 0 Å². The first-order valence-corrected chi connectivity index (χ1v) is 5.85. The Morgan fingerprint density at radius 3 is 2.33 bits per heavy atom. The molecule has 1 aliphatic carbocycles. The highest BCUT2D eigenvalue weighted by Gasteiger charge is 2.16. The van der Waals surface area contributed by atoms with Crippen LogP contribution in [0, 0.1) is 0 Å². The molecule has 1 N–H and O–H groups in total. The summed E-state index contributed by atoms with van der Waals surface area (Å²) >= 11 is 0. The summed E-state index contributed by atoms with van der Waals surface area (Å²) in [5, 5.41) is 9.74. The Kier molecular flexibility index (Phi) is 5.91. The molecule has 0 aromatic carbocycles. The van der Waals surface area contributed by atoms with Crippen LogP contribution in [-0.4, -0.2) is 30.7 Å². The van der Waals surface area contributed by atoms with E-state index in [1.807, 2.05) is 13.8 Å². The molecular weight excluding hydrogens is 192 g/mol. The number of aliphatic hydroxyl groups excluding tert-OH is 1. The zero-order valence-corrected chi connectivity index (χ0v) is 9.74. The summed E-state index contributed by atoms with van der Waals surface area (Å²) in [5.74, 6) is 0. The van der Waals surface area contributed by atoms with E-state index in [0.717, 1.165) is 6.42 Å². The van der Waals surface area contributed by atoms with Gasteiger partial charge in [-0.3, -0.25) is 0 Å². The zero-order chi connectivity index (χ0) is 11.1. The van der Waals surface area contributed by atoms with Crippen molar-refractivity contribution in [3.63, 3.8) is 0 Å². The van der Waals surface area contributed by atoms with Gasteiger partial charge in [-0.25, -0.2) is 0 Å². The van der Waals surface area contributed by atoms with E-state index in [-0.39, 0.29) is 12.4 Å². The lowest BCUT2D eigenvalue weighted by Gasteiger charge is -2.19. The van der Waals surface area contributed by atoms with Gasteiger partial charge in [-0.1, -0.05) is 11.6 Å². The molecule has 0 saturated heterocycles. The van der Waals surface area contributed by atoms with Gasteiger partial charge in [0.15, 0.2) is 6.29 Å². The molecule has 0 heterocycles. The van der Waals surface area contributed by atoms with Crippen molar-refractivity contribution in [1.82, 2.24) is 0 Å². The number of rotatable bonds is 8. The van der Waals surface area contributed by atoms with Crippen LogP contribution < -0.4 is 0 Å². The fourth-order valence-corrected chi connectivity index (χ4v) is 1.45. The van der Waals surface area contributed by atoms with E-state index in [1.165, 1.54) is 18.4 Å². The van der Waals surface area contributed by atoms with E-state index < -0.39 is 0 Å². The molecule has 88 valence electrons. The number of allylic oxidation sites excluding steroid dienone is 1. The summed E-state index contributed by atoms with van der Waals surface area (Å²) in [6.07, 6.45) is 5.26. The predicted molar refractivity (Wildman–Crippen MR) is 59.6 cm³/mol. The molecule has 0 spiro atoms. The molecule has 1 unspecified atom stereocenters. The summed E-state index contributed by atoms with van der Waals surface area (Å²) in [5.41, 5.74) is 1.47. The minimum absolute atomic E-state index is 0.257. The van der Waals surface area contributed by atoms with Crippen LogP contribution in [0.5, 0.6) is 0 Å². The summed E-state index contributed by atoms with van der Waals surface area (Å²) in [4.78, 5) is 0. The second-order valence-electron chi connectivity index (χ2n) is 3.83. The third-order valence-electron chi connectivity index (χ3n) is 2.39. The second-order valence-corrected chi connectivity index (χ2v) is 3.83. The SMILES string of the molecule is CCOC(CC(O)CC=C1CC1)OCC. The maximum atomic E-state index is 9.74. The van der Waals surface area contributed by atoms with Gasteiger partial charge in [0.25, 0.3) is 0 Å². The van der Waals surface area contributed by atoms with E-state index in [9.17, 15) is 5.11 Å². The van der Waals surface area contributed by atoms with Gasteiger partial charge >= 0.3 is 0 Å². The van der Waals surface area contributed by atoms with Crippen molar-refractivity contribution in [3.05, 3.63) is 11.6 Å². The molecule has 1 saturated carbocycles. The van der Waals surface area contributed by atoms with Gasteiger partial charge in [0.1, 0.15) is 0 Å². The van der Waals surface area contributed by atoms with Crippen LogP contribution in [0.4, 0.5) is 0 Å². The molecule has 1 rings (SSSR count). The Bertz CT molecular complexity index is 189. The lowest BCUT2D eigenvalue weighted by atomic mass is 10.1. The monoisotopic (exact) mass is 214 g/mol. The Morgan fingerprint density at radius 2 is 1.87 bits per heavy atom. The van der Waals surface area contributed by atoms with Crippen LogP contribution in [-0.2, 0) is 9.47 Å². The summed E-state index contributed by atoms with van der Waals surface area (Å²) < 4.78 is 10.7. The van der Waals surface area contributed by atoms with Crippen LogP contribution >= 0.6 is 0 Å². The standard InChI is InChI=1S/C12H22O3/c1-3-14-12(15-4-2)9-11(13)8-7-10-5-6-10/h7,11-13H,3-6,8-9H2,1-2H3. The summed E-state index contributed by atoms with van der Waals surface area (Å²) in [6, 6.07) is 0. The van der Waals surface area contributed by atoms with Crippen LogP contribution in [0.1, 0.15) is 39.5 Å². The number of ether oxygens (including phenoxy) is 2. The third-order valence-corrected chi connectivity index (χ3v) is 2.39. The fraction of sp³-hybridized carbons (Fsp3) is 0.833. The molecule has 1 fully saturated rings. The van der Waals surface area contributed by atoms with Crippen molar-refractivity contribution in [2.45, 2.75) is 51.9 Å². The number of hydrogen-bond donors (Lipinski definition) is 1. The van der Waals surface area contributed by atoms with Crippen molar-refractivity contribution in [1.29, 1.82) is 0 Å². The van der Waals surface area contributed by atoms with Gasteiger partial charge in [-0.15, -0.1) is 0 Å². The molecule has 0 aliphatic heterocycles. The molecule has 3 heteroatoms. The van der Waals surface area contributed by atoms with E-state index in [2.05, 4.69) is 6.08 Å². The Hall–Kier alpha value is -0.380. The number of aliphatic hydroxyl groups is 1. The molecule has 0 aromatic rings. The highest BCUT2D eigenvalue weighted by atomic mass is 16.7. The molecule has 1 aliphatic rings. The van der Waals surface area contributed by atoms with Crippen molar-refractivity contribution >= 4 is 0 Å². The normalized spacial score (nSPS) is 16.9. The van der Waals surface area contributed by atoms with Crippen LogP contribution in [0.3, 0.4) is 0 Å². The molecule has 0 amide bonds. The molecule has 15 heavy (non-hydrogen) atoms. The van der Waals surface area contributed by atoms with Crippen molar-refractivity contribution < 1.29 is 14.6 Å². The first-order valence-electron chi connectivity index (χ1n) is 5.85. The largest absolute Gasteiger partial charge is 0.393 e. The predicted octanol–water partition coefficient (Wildman–Crippen LogP) is 2.25. The average molecular weight is 214 g/mol.